The van der Waals surface area contributed by atoms with Crippen LogP contribution in [0.4, 0.5) is 5.69 Å². The number of benzene rings is 1. The first kappa shape index (κ1) is 16.3. The van der Waals surface area contributed by atoms with Crippen LogP contribution in [0, 0.1) is 6.92 Å². The average Bonchev–Trinajstić information content (AvgIpc) is 2.33. The molecule has 0 bridgehead atoms. The molecule has 0 aliphatic carbocycles. The highest BCUT2D eigenvalue weighted by Gasteiger charge is 2.15. The van der Waals surface area contributed by atoms with E-state index in [1.54, 1.807) is 17.8 Å². The Bertz CT molecular complexity index is 449. The summed E-state index contributed by atoms with van der Waals surface area (Å²) in [6.07, 6.45) is 2.07. The third-order valence-electron chi connectivity index (χ3n) is 2.86. The normalized spacial score (nSPS) is 11.4. The number of nitrogens with one attached hydrogen (secondary N) is 2. The highest BCUT2D eigenvalue weighted by Crippen LogP contribution is 2.20. The van der Waals surface area contributed by atoms with E-state index >= 15 is 0 Å². The zero-order valence-electron chi connectivity index (χ0n) is 11.8. The molecule has 0 heterocycles. The van der Waals surface area contributed by atoms with Crippen molar-refractivity contribution in [3.8, 4) is 0 Å². The van der Waals surface area contributed by atoms with Crippen molar-refractivity contribution in [1.29, 1.82) is 0 Å². The van der Waals surface area contributed by atoms with Crippen molar-refractivity contribution in [2.75, 3.05) is 24.7 Å². The van der Waals surface area contributed by atoms with Crippen molar-refractivity contribution in [2.24, 2.45) is 0 Å². The van der Waals surface area contributed by atoms with Gasteiger partial charge in [0.05, 0.1) is 6.54 Å². The Balaban J connectivity index is 2.45. The van der Waals surface area contributed by atoms with Gasteiger partial charge in [-0.3, -0.25) is 4.79 Å². The van der Waals surface area contributed by atoms with Crippen LogP contribution in [0.1, 0.15) is 19.4 Å². The Hall–Kier alpha value is -0.710. The van der Waals surface area contributed by atoms with Gasteiger partial charge in [-0.25, -0.2) is 0 Å². The molecule has 106 valence electrons. The van der Waals surface area contributed by atoms with E-state index < -0.39 is 0 Å². The van der Waals surface area contributed by atoms with Crippen LogP contribution >= 0.6 is 23.4 Å². The Morgan fingerprint density at radius 2 is 2.11 bits per heavy atom. The highest BCUT2D eigenvalue weighted by molar-refractivity contribution is 7.99. The molecule has 0 fully saturated rings. The molecule has 0 saturated heterocycles. The van der Waals surface area contributed by atoms with Crippen molar-refractivity contribution in [3.63, 3.8) is 0 Å². The zero-order valence-corrected chi connectivity index (χ0v) is 13.4. The topological polar surface area (TPSA) is 41.1 Å². The molecule has 1 aromatic rings. The minimum absolute atomic E-state index is 0.0535. The maximum absolute atomic E-state index is 11.8. The summed E-state index contributed by atoms with van der Waals surface area (Å²) in [5.74, 6) is -0.0535. The van der Waals surface area contributed by atoms with E-state index in [4.69, 9.17) is 11.6 Å². The molecule has 2 N–H and O–H groups in total. The molecule has 0 aliphatic rings. The number of carbonyl (C=O) groups excluding carboxylic acids is 1. The molecule has 0 aromatic heterocycles. The van der Waals surface area contributed by atoms with E-state index in [1.807, 2.05) is 19.1 Å². The molecular formula is C14H21ClN2OS. The Kier molecular flexibility index (Phi) is 6.17. The predicted octanol–water partition coefficient (Wildman–Crippen LogP) is 3.32. The number of hydrogen-bond acceptors (Lipinski definition) is 3. The van der Waals surface area contributed by atoms with E-state index in [9.17, 15) is 4.79 Å². The van der Waals surface area contributed by atoms with Crippen molar-refractivity contribution in [3.05, 3.63) is 28.8 Å². The van der Waals surface area contributed by atoms with Gasteiger partial charge in [-0.2, -0.15) is 11.8 Å². The molecule has 3 nitrogen and oxygen atoms in total. The molecule has 0 atom stereocenters. The minimum atomic E-state index is -0.0535. The number of aryl methyl sites for hydroxylation is 1. The lowest BCUT2D eigenvalue weighted by molar-refractivity contribution is -0.115. The largest absolute Gasteiger partial charge is 0.325 e. The Labute approximate surface area is 124 Å². The van der Waals surface area contributed by atoms with Gasteiger partial charge >= 0.3 is 0 Å². The lowest BCUT2D eigenvalue weighted by Crippen LogP contribution is -2.37. The van der Waals surface area contributed by atoms with Crippen LogP contribution in [0.2, 0.25) is 5.02 Å². The summed E-state index contributed by atoms with van der Waals surface area (Å²) in [5, 5.41) is 6.65. The van der Waals surface area contributed by atoms with Gasteiger partial charge < -0.3 is 10.6 Å². The molecule has 5 heteroatoms. The number of amides is 1. The summed E-state index contributed by atoms with van der Waals surface area (Å²) >= 11 is 7.69. The van der Waals surface area contributed by atoms with Gasteiger partial charge in [-0.05, 0) is 44.7 Å². The van der Waals surface area contributed by atoms with Crippen LogP contribution in [-0.2, 0) is 4.79 Å². The summed E-state index contributed by atoms with van der Waals surface area (Å²) in [6, 6.07) is 5.47. The summed E-state index contributed by atoms with van der Waals surface area (Å²) in [6.45, 7) is 7.32. The predicted molar refractivity (Wildman–Crippen MR) is 85.3 cm³/mol. The van der Waals surface area contributed by atoms with Crippen LogP contribution < -0.4 is 10.6 Å². The van der Waals surface area contributed by atoms with E-state index in [0.29, 0.717) is 11.6 Å². The highest BCUT2D eigenvalue weighted by atomic mass is 35.5. The molecule has 0 radical (unpaired) electrons. The third-order valence-corrected chi connectivity index (χ3v) is 4.35. The fourth-order valence-electron chi connectivity index (χ4n) is 1.47. The minimum Gasteiger partial charge on any atom is -0.325 e. The summed E-state index contributed by atoms with van der Waals surface area (Å²) in [5.41, 5.74) is 1.77. The van der Waals surface area contributed by atoms with Gasteiger partial charge in [0.15, 0.2) is 0 Å². The van der Waals surface area contributed by atoms with Crippen molar-refractivity contribution in [1.82, 2.24) is 5.32 Å². The number of hydrogen-bond donors (Lipinski definition) is 2. The van der Waals surface area contributed by atoms with Crippen LogP contribution in [0.25, 0.3) is 0 Å². The molecule has 0 spiro atoms. The summed E-state index contributed by atoms with van der Waals surface area (Å²) < 4.78 is 0.131. The number of halogens is 1. The quantitative estimate of drug-likeness (QED) is 0.847. The zero-order chi connectivity index (χ0) is 14.5. The van der Waals surface area contributed by atoms with Gasteiger partial charge in [-0.1, -0.05) is 17.7 Å². The van der Waals surface area contributed by atoms with E-state index in [-0.39, 0.29) is 10.7 Å². The lowest BCUT2D eigenvalue weighted by atomic mass is 10.2. The van der Waals surface area contributed by atoms with Gasteiger partial charge in [0.25, 0.3) is 0 Å². The van der Waals surface area contributed by atoms with Gasteiger partial charge in [0, 0.05) is 22.0 Å². The average molecular weight is 301 g/mol. The molecule has 0 aliphatic heterocycles. The Morgan fingerprint density at radius 1 is 1.42 bits per heavy atom. The molecule has 1 amide bonds. The second-order valence-corrected chi connectivity index (χ2v) is 7.02. The summed E-state index contributed by atoms with van der Waals surface area (Å²) in [4.78, 5) is 11.8. The van der Waals surface area contributed by atoms with Crippen molar-refractivity contribution < 1.29 is 4.79 Å². The monoisotopic (exact) mass is 300 g/mol. The van der Waals surface area contributed by atoms with Gasteiger partial charge in [0.1, 0.15) is 0 Å². The van der Waals surface area contributed by atoms with Gasteiger partial charge in [-0.15, -0.1) is 0 Å². The second kappa shape index (κ2) is 7.17. The van der Waals surface area contributed by atoms with Crippen LogP contribution in [0.5, 0.6) is 0 Å². The maximum atomic E-state index is 11.8. The number of thioether (sulfide) groups is 1. The number of rotatable bonds is 6. The molecule has 19 heavy (non-hydrogen) atoms. The van der Waals surface area contributed by atoms with Crippen LogP contribution in [-0.4, -0.2) is 30.0 Å². The third kappa shape index (κ3) is 5.85. The van der Waals surface area contributed by atoms with Crippen molar-refractivity contribution in [2.45, 2.75) is 25.5 Å². The Morgan fingerprint density at radius 3 is 2.74 bits per heavy atom. The van der Waals surface area contributed by atoms with E-state index in [0.717, 1.165) is 17.8 Å². The van der Waals surface area contributed by atoms with Crippen LogP contribution in [0.15, 0.2) is 18.2 Å². The molecule has 1 aromatic carbocycles. The number of carbonyl (C=O) groups is 1. The smallest absolute Gasteiger partial charge is 0.238 e. The lowest BCUT2D eigenvalue weighted by Gasteiger charge is -2.22. The molecule has 1 rings (SSSR count). The van der Waals surface area contributed by atoms with Gasteiger partial charge in [0.2, 0.25) is 5.91 Å². The second-order valence-electron chi connectivity index (χ2n) is 5.07. The first-order chi connectivity index (χ1) is 8.84. The molecule has 0 unspecified atom stereocenters. The molecular weight excluding hydrogens is 280 g/mol. The SMILES string of the molecule is CSC(C)(C)CNCC(=O)Nc1cc(Cl)ccc1C. The van der Waals surface area contributed by atoms with Crippen molar-refractivity contribution >= 4 is 35.0 Å². The van der Waals surface area contributed by atoms with Crippen LogP contribution in [0.3, 0.4) is 0 Å². The fraction of sp³-hybridized carbons (Fsp3) is 0.500. The standard InChI is InChI=1S/C14H21ClN2OS/c1-10-5-6-11(15)7-12(10)17-13(18)8-16-9-14(2,3)19-4/h5-7,16H,8-9H2,1-4H3,(H,17,18). The van der Waals surface area contributed by atoms with E-state index in [1.165, 1.54) is 0 Å². The maximum Gasteiger partial charge on any atom is 0.238 e. The summed E-state index contributed by atoms with van der Waals surface area (Å²) in [7, 11) is 0. The first-order valence-corrected chi connectivity index (χ1v) is 7.76. The molecule has 0 saturated carbocycles. The fourth-order valence-corrected chi connectivity index (χ4v) is 1.89. The number of anilines is 1. The van der Waals surface area contributed by atoms with E-state index in [2.05, 4.69) is 30.7 Å². The first-order valence-electron chi connectivity index (χ1n) is 6.16.